The molecule has 1 aliphatic rings. The minimum absolute atomic E-state index is 0.0818. The van der Waals surface area contributed by atoms with Crippen LogP contribution in [0.25, 0.3) is 0 Å². The third-order valence-corrected chi connectivity index (χ3v) is 3.29. The molecule has 1 heterocycles. The van der Waals surface area contributed by atoms with Crippen molar-refractivity contribution in [3.8, 4) is 0 Å². The maximum atomic E-state index is 9.36. The first-order chi connectivity index (χ1) is 8.85. The van der Waals surface area contributed by atoms with Gasteiger partial charge in [-0.2, -0.15) is 0 Å². The van der Waals surface area contributed by atoms with E-state index in [1.165, 1.54) is 5.56 Å². The van der Waals surface area contributed by atoms with Gasteiger partial charge in [0.15, 0.2) is 0 Å². The van der Waals surface area contributed by atoms with Gasteiger partial charge in [0, 0.05) is 18.8 Å². The number of morpholine rings is 1. The summed E-state index contributed by atoms with van der Waals surface area (Å²) < 4.78 is 5.39. The van der Waals surface area contributed by atoms with Crippen molar-refractivity contribution in [1.29, 1.82) is 0 Å². The molecule has 2 rings (SSSR count). The lowest BCUT2D eigenvalue weighted by Crippen LogP contribution is -2.47. The molecule has 100 valence electrons. The Balaban J connectivity index is 2.03. The van der Waals surface area contributed by atoms with Gasteiger partial charge in [0.1, 0.15) is 0 Å². The topological polar surface area (TPSA) is 44.7 Å². The molecule has 1 aromatic rings. The molecule has 1 saturated heterocycles. The Morgan fingerprint density at radius 2 is 2.17 bits per heavy atom. The van der Waals surface area contributed by atoms with E-state index in [1.807, 2.05) is 0 Å². The molecule has 18 heavy (non-hydrogen) atoms. The summed E-state index contributed by atoms with van der Waals surface area (Å²) in [6.07, 6.45) is 0. The Labute approximate surface area is 109 Å². The molecule has 0 bridgehead atoms. The second kappa shape index (κ2) is 6.73. The first kappa shape index (κ1) is 13.3. The van der Waals surface area contributed by atoms with Crippen LogP contribution in [-0.4, -0.2) is 44.1 Å². The third-order valence-electron chi connectivity index (χ3n) is 3.29. The molecule has 1 atom stereocenters. The molecule has 1 fully saturated rings. The van der Waals surface area contributed by atoms with Crippen LogP contribution in [0.2, 0.25) is 0 Å². The molecular weight excluding hydrogens is 228 g/mol. The second-order valence-electron chi connectivity index (χ2n) is 4.55. The summed E-state index contributed by atoms with van der Waals surface area (Å²) in [5, 5.41) is 12.7. The van der Waals surface area contributed by atoms with Crippen LogP contribution in [0.1, 0.15) is 12.5 Å². The van der Waals surface area contributed by atoms with Gasteiger partial charge in [0.2, 0.25) is 0 Å². The van der Waals surface area contributed by atoms with Gasteiger partial charge in [-0.25, -0.2) is 0 Å². The van der Waals surface area contributed by atoms with E-state index in [0.29, 0.717) is 6.61 Å². The standard InChI is InChI=1S/C14H22N2O2/c1-2-15-9-12-3-5-13(6-4-12)16-7-8-18-11-14(16)10-17/h3-6,14-15,17H,2,7-11H2,1H3. The number of nitrogens with one attached hydrogen (secondary N) is 1. The average Bonchev–Trinajstić information content (AvgIpc) is 2.45. The summed E-state index contributed by atoms with van der Waals surface area (Å²) in [5.41, 5.74) is 2.45. The Morgan fingerprint density at radius 3 is 2.83 bits per heavy atom. The van der Waals surface area contributed by atoms with E-state index < -0.39 is 0 Å². The van der Waals surface area contributed by atoms with Crippen LogP contribution in [0.3, 0.4) is 0 Å². The SMILES string of the molecule is CCNCc1ccc(N2CCOCC2CO)cc1. The van der Waals surface area contributed by atoms with Gasteiger partial charge in [-0.3, -0.25) is 0 Å². The van der Waals surface area contributed by atoms with Crippen molar-refractivity contribution in [2.24, 2.45) is 0 Å². The van der Waals surface area contributed by atoms with E-state index >= 15 is 0 Å². The van der Waals surface area contributed by atoms with Gasteiger partial charge >= 0.3 is 0 Å². The first-order valence-corrected chi connectivity index (χ1v) is 6.60. The normalized spacial score (nSPS) is 20.1. The van der Waals surface area contributed by atoms with Crippen molar-refractivity contribution in [1.82, 2.24) is 5.32 Å². The highest BCUT2D eigenvalue weighted by Gasteiger charge is 2.22. The quantitative estimate of drug-likeness (QED) is 0.818. The second-order valence-corrected chi connectivity index (χ2v) is 4.55. The number of benzene rings is 1. The van der Waals surface area contributed by atoms with Crippen molar-refractivity contribution in [2.75, 3.05) is 37.8 Å². The fraction of sp³-hybridized carbons (Fsp3) is 0.571. The lowest BCUT2D eigenvalue weighted by atomic mass is 10.1. The van der Waals surface area contributed by atoms with Gasteiger partial charge in [0.05, 0.1) is 25.9 Å². The van der Waals surface area contributed by atoms with E-state index in [9.17, 15) is 5.11 Å². The maximum Gasteiger partial charge on any atom is 0.0755 e. The van der Waals surface area contributed by atoms with E-state index in [1.54, 1.807) is 0 Å². The highest BCUT2D eigenvalue weighted by atomic mass is 16.5. The summed E-state index contributed by atoms with van der Waals surface area (Å²) >= 11 is 0. The van der Waals surface area contributed by atoms with Crippen LogP contribution in [0.5, 0.6) is 0 Å². The Kier molecular flexibility index (Phi) is 4.99. The summed E-state index contributed by atoms with van der Waals surface area (Å²) in [7, 11) is 0. The lowest BCUT2D eigenvalue weighted by Gasteiger charge is -2.36. The first-order valence-electron chi connectivity index (χ1n) is 6.60. The Morgan fingerprint density at radius 1 is 1.39 bits per heavy atom. The summed E-state index contributed by atoms with van der Waals surface area (Å²) in [6, 6.07) is 8.61. The number of ether oxygens (including phenoxy) is 1. The number of nitrogens with zero attached hydrogens (tertiary/aromatic N) is 1. The molecular formula is C14H22N2O2. The largest absolute Gasteiger partial charge is 0.394 e. The Bertz CT molecular complexity index is 353. The number of aliphatic hydroxyl groups excluding tert-OH is 1. The van der Waals surface area contributed by atoms with Gasteiger partial charge in [-0.15, -0.1) is 0 Å². The molecule has 1 unspecified atom stereocenters. The molecule has 1 aromatic carbocycles. The fourth-order valence-corrected chi connectivity index (χ4v) is 2.22. The molecule has 1 aliphatic heterocycles. The minimum atomic E-state index is 0.0818. The number of hydrogen-bond donors (Lipinski definition) is 2. The van der Waals surface area contributed by atoms with Crippen LogP contribution in [0, 0.1) is 0 Å². The zero-order valence-electron chi connectivity index (χ0n) is 10.9. The van der Waals surface area contributed by atoms with E-state index in [2.05, 4.69) is 41.4 Å². The summed E-state index contributed by atoms with van der Waals surface area (Å²) in [4.78, 5) is 2.22. The molecule has 0 amide bonds. The summed E-state index contributed by atoms with van der Waals surface area (Å²) in [6.45, 7) is 6.32. The molecule has 4 heteroatoms. The van der Waals surface area contributed by atoms with Crippen molar-refractivity contribution >= 4 is 5.69 Å². The van der Waals surface area contributed by atoms with E-state index in [-0.39, 0.29) is 12.6 Å². The van der Waals surface area contributed by atoms with Crippen molar-refractivity contribution in [3.05, 3.63) is 29.8 Å². The fourth-order valence-electron chi connectivity index (χ4n) is 2.22. The zero-order chi connectivity index (χ0) is 12.8. The molecule has 2 N–H and O–H groups in total. The van der Waals surface area contributed by atoms with Gasteiger partial charge < -0.3 is 20.1 Å². The molecule has 0 spiro atoms. The monoisotopic (exact) mass is 250 g/mol. The number of anilines is 1. The van der Waals surface area contributed by atoms with E-state index in [0.717, 1.165) is 31.9 Å². The Hall–Kier alpha value is -1.10. The lowest BCUT2D eigenvalue weighted by molar-refractivity contribution is 0.0727. The van der Waals surface area contributed by atoms with Gasteiger partial charge in [-0.1, -0.05) is 19.1 Å². The van der Waals surface area contributed by atoms with Crippen LogP contribution < -0.4 is 10.2 Å². The smallest absolute Gasteiger partial charge is 0.0755 e. The van der Waals surface area contributed by atoms with Crippen LogP contribution in [0.4, 0.5) is 5.69 Å². The van der Waals surface area contributed by atoms with Crippen LogP contribution >= 0.6 is 0 Å². The molecule has 0 aliphatic carbocycles. The zero-order valence-corrected chi connectivity index (χ0v) is 10.9. The predicted octanol–water partition coefficient (Wildman–Crippen LogP) is 0.994. The van der Waals surface area contributed by atoms with Crippen LogP contribution in [-0.2, 0) is 11.3 Å². The molecule has 0 radical (unpaired) electrons. The summed E-state index contributed by atoms with van der Waals surface area (Å²) in [5.74, 6) is 0. The average molecular weight is 250 g/mol. The van der Waals surface area contributed by atoms with Gasteiger partial charge in [-0.05, 0) is 24.2 Å². The highest BCUT2D eigenvalue weighted by Crippen LogP contribution is 2.20. The van der Waals surface area contributed by atoms with Crippen molar-refractivity contribution < 1.29 is 9.84 Å². The number of hydrogen-bond acceptors (Lipinski definition) is 4. The van der Waals surface area contributed by atoms with Crippen molar-refractivity contribution in [3.63, 3.8) is 0 Å². The molecule has 0 saturated carbocycles. The third kappa shape index (κ3) is 3.22. The maximum absolute atomic E-state index is 9.36. The highest BCUT2D eigenvalue weighted by molar-refractivity contribution is 5.49. The van der Waals surface area contributed by atoms with Crippen LogP contribution in [0.15, 0.2) is 24.3 Å². The van der Waals surface area contributed by atoms with Gasteiger partial charge in [0.25, 0.3) is 0 Å². The minimum Gasteiger partial charge on any atom is -0.394 e. The predicted molar refractivity (Wildman–Crippen MR) is 72.9 cm³/mol. The molecule has 4 nitrogen and oxygen atoms in total. The number of rotatable bonds is 5. The van der Waals surface area contributed by atoms with E-state index in [4.69, 9.17) is 4.74 Å². The molecule has 0 aromatic heterocycles. The number of aliphatic hydroxyl groups is 1. The van der Waals surface area contributed by atoms with Crippen molar-refractivity contribution in [2.45, 2.75) is 19.5 Å².